The third kappa shape index (κ3) is 3.16. The monoisotopic (exact) mass is 334 g/mol. The fourth-order valence-corrected chi connectivity index (χ4v) is 2.35. The molecule has 1 unspecified atom stereocenters. The Morgan fingerprint density at radius 2 is 2.28 bits per heavy atom. The molecule has 1 aromatic rings. The number of hydrogen-bond donors (Lipinski definition) is 1. The molecule has 6 heteroatoms. The zero-order valence-electron chi connectivity index (χ0n) is 10.1. The molecule has 1 saturated heterocycles. The first-order valence-electron chi connectivity index (χ1n) is 5.50. The van der Waals surface area contributed by atoms with Gasteiger partial charge in [0.15, 0.2) is 0 Å². The molecule has 1 amide bonds. The van der Waals surface area contributed by atoms with E-state index in [0.717, 1.165) is 17.4 Å². The summed E-state index contributed by atoms with van der Waals surface area (Å²) in [6.45, 7) is 1.35. The first kappa shape index (κ1) is 15.3. The highest BCUT2D eigenvalue weighted by molar-refractivity contribution is 9.10. The quantitative estimate of drug-likeness (QED) is 0.900. The number of carbonyl (C=O) groups is 1. The number of nitrogens with zero attached hydrogens (tertiary/aromatic N) is 1. The lowest BCUT2D eigenvalue weighted by Gasteiger charge is -2.17. The molecular weight excluding hydrogens is 320 g/mol. The minimum absolute atomic E-state index is 0. The predicted octanol–water partition coefficient (Wildman–Crippen LogP) is 2.05. The Morgan fingerprint density at radius 1 is 1.56 bits per heavy atom. The van der Waals surface area contributed by atoms with Crippen molar-refractivity contribution in [2.45, 2.75) is 12.5 Å². The van der Waals surface area contributed by atoms with Crippen LogP contribution in [0.2, 0.25) is 0 Å². The molecule has 4 nitrogen and oxygen atoms in total. The van der Waals surface area contributed by atoms with Gasteiger partial charge in [0, 0.05) is 23.6 Å². The lowest BCUT2D eigenvalue weighted by molar-refractivity contribution is 0.0789. The molecule has 1 aliphatic rings. The van der Waals surface area contributed by atoms with E-state index in [1.807, 2.05) is 12.1 Å². The van der Waals surface area contributed by atoms with Crippen molar-refractivity contribution in [3.8, 4) is 5.75 Å². The first-order valence-corrected chi connectivity index (χ1v) is 6.29. The zero-order chi connectivity index (χ0) is 12.4. The van der Waals surface area contributed by atoms with Crippen LogP contribution in [0.5, 0.6) is 5.75 Å². The number of hydrogen-bond acceptors (Lipinski definition) is 3. The minimum Gasteiger partial charge on any atom is -0.497 e. The second-order valence-corrected chi connectivity index (χ2v) is 5.00. The highest BCUT2D eigenvalue weighted by Crippen LogP contribution is 2.24. The molecule has 0 spiro atoms. The molecule has 0 radical (unpaired) electrons. The smallest absolute Gasteiger partial charge is 0.255 e. The predicted molar refractivity (Wildman–Crippen MR) is 76.4 cm³/mol. The topological polar surface area (TPSA) is 55.6 Å². The van der Waals surface area contributed by atoms with Gasteiger partial charge in [0.1, 0.15) is 5.75 Å². The molecule has 1 aliphatic heterocycles. The molecule has 0 bridgehead atoms. The van der Waals surface area contributed by atoms with Crippen molar-refractivity contribution in [3.63, 3.8) is 0 Å². The fraction of sp³-hybridized carbons (Fsp3) is 0.417. The Kier molecular flexibility index (Phi) is 5.44. The maximum Gasteiger partial charge on any atom is 0.255 e. The van der Waals surface area contributed by atoms with Gasteiger partial charge in [-0.25, -0.2) is 0 Å². The summed E-state index contributed by atoms with van der Waals surface area (Å²) < 4.78 is 5.91. The van der Waals surface area contributed by atoms with Crippen molar-refractivity contribution in [1.29, 1.82) is 0 Å². The summed E-state index contributed by atoms with van der Waals surface area (Å²) in [5.41, 5.74) is 6.43. The third-order valence-electron chi connectivity index (χ3n) is 2.92. The normalized spacial score (nSPS) is 18.4. The molecule has 1 heterocycles. The van der Waals surface area contributed by atoms with Gasteiger partial charge in [0.25, 0.3) is 5.91 Å². The van der Waals surface area contributed by atoms with Crippen LogP contribution in [0.3, 0.4) is 0 Å². The highest BCUT2D eigenvalue weighted by atomic mass is 79.9. The van der Waals surface area contributed by atoms with E-state index in [9.17, 15) is 4.79 Å². The van der Waals surface area contributed by atoms with E-state index in [1.165, 1.54) is 0 Å². The Balaban J connectivity index is 0.00000162. The summed E-state index contributed by atoms with van der Waals surface area (Å²) in [6, 6.07) is 5.48. The Morgan fingerprint density at radius 3 is 2.83 bits per heavy atom. The van der Waals surface area contributed by atoms with Gasteiger partial charge < -0.3 is 15.4 Å². The van der Waals surface area contributed by atoms with Crippen LogP contribution in [0.15, 0.2) is 22.7 Å². The van der Waals surface area contributed by atoms with E-state index in [4.69, 9.17) is 10.5 Å². The van der Waals surface area contributed by atoms with Crippen LogP contribution in [-0.4, -0.2) is 37.0 Å². The molecule has 18 heavy (non-hydrogen) atoms. The number of halogens is 2. The van der Waals surface area contributed by atoms with Gasteiger partial charge in [-0.3, -0.25) is 4.79 Å². The van der Waals surface area contributed by atoms with Gasteiger partial charge in [-0.15, -0.1) is 12.4 Å². The number of ether oxygens (including phenoxy) is 1. The average Bonchev–Trinajstić information content (AvgIpc) is 2.76. The third-order valence-corrected chi connectivity index (χ3v) is 3.61. The molecule has 100 valence electrons. The molecule has 2 N–H and O–H groups in total. The number of nitrogens with two attached hydrogens (primary N) is 1. The van der Waals surface area contributed by atoms with Gasteiger partial charge in [-0.1, -0.05) is 0 Å². The van der Waals surface area contributed by atoms with E-state index in [2.05, 4.69) is 15.9 Å². The van der Waals surface area contributed by atoms with Gasteiger partial charge in [0.05, 0.1) is 12.7 Å². The van der Waals surface area contributed by atoms with E-state index in [1.54, 1.807) is 18.1 Å². The highest BCUT2D eigenvalue weighted by Gasteiger charge is 2.25. The molecule has 2 rings (SSSR count). The molecule has 1 atom stereocenters. The van der Waals surface area contributed by atoms with Gasteiger partial charge in [-0.2, -0.15) is 0 Å². The fourth-order valence-electron chi connectivity index (χ4n) is 1.94. The summed E-state index contributed by atoms with van der Waals surface area (Å²) >= 11 is 3.39. The summed E-state index contributed by atoms with van der Waals surface area (Å²) in [7, 11) is 1.59. The summed E-state index contributed by atoms with van der Waals surface area (Å²) in [4.78, 5) is 14.0. The Hall–Kier alpha value is -0.780. The van der Waals surface area contributed by atoms with Gasteiger partial charge in [0.2, 0.25) is 0 Å². The van der Waals surface area contributed by atoms with Crippen molar-refractivity contribution >= 4 is 34.2 Å². The second-order valence-electron chi connectivity index (χ2n) is 4.15. The maximum absolute atomic E-state index is 12.3. The van der Waals surface area contributed by atoms with Crippen LogP contribution in [-0.2, 0) is 0 Å². The number of amides is 1. The number of benzene rings is 1. The van der Waals surface area contributed by atoms with Crippen LogP contribution in [0.1, 0.15) is 16.8 Å². The largest absolute Gasteiger partial charge is 0.497 e. The maximum atomic E-state index is 12.3. The van der Waals surface area contributed by atoms with Crippen molar-refractivity contribution in [3.05, 3.63) is 28.2 Å². The summed E-state index contributed by atoms with van der Waals surface area (Å²) in [5, 5.41) is 0. The SMILES string of the molecule is COc1ccc(Br)c(C(=O)N2CCC(N)C2)c1.Cl. The van der Waals surface area contributed by atoms with Gasteiger partial charge in [-0.05, 0) is 40.5 Å². The van der Waals surface area contributed by atoms with Crippen LogP contribution in [0, 0.1) is 0 Å². The van der Waals surface area contributed by atoms with Gasteiger partial charge >= 0.3 is 0 Å². The lowest BCUT2D eigenvalue weighted by Crippen LogP contribution is -2.32. The molecule has 1 fully saturated rings. The van der Waals surface area contributed by atoms with Crippen molar-refractivity contribution in [2.75, 3.05) is 20.2 Å². The van der Waals surface area contributed by atoms with Crippen LogP contribution >= 0.6 is 28.3 Å². The van der Waals surface area contributed by atoms with E-state index < -0.39 is 0 Å². The molecule has 0 saturated carbocycles. The standard InChI is InChI=1S/C12H15BrN2O2.ClH/c1-17-9-2-3-11(13)10(6-9)12(16)15-5-4-8(14)7-15;/h2-3,6,8H,4-5,7,14H2,1H3;1H. The van der Waals surface area contributed by atoms with Crippen molar-refractivity contribution in [2.24, 2.45) is 5.73 Å². The number of likely N-dealkylation sites (tertiary alicyclic amines) is 1. The Bertz CT molecular complexity index is 442. The first-order chi connectivity index (χ1) is 8.11. The lowest BCUT2D eigenvalue weighted by atomic mass is 10.2. The molecular formula is C12H16BrClN2O2. The van der Waals surface area contributed by atoms with Crippen molar-refractivity contribution < 1.29 is 9.53 Å². The van der Waals surface area contributed by atoms with E-state index in [-0.39, 0.29) is 24.4 Å². The number of carbonyl (C=O) groups excluding carboxylic acids is 1. The molecule has 0 aromatic heterocycles. The van der Waals surface area contributed by atoms with E-state index in [0.29, 0.717) is 17.9 Å². The second kappa shape index (κ2) is 6.41. The zero-order valence-corrected chi connectivity index (χ0v) is 12.5. The molecule has 1 aromatic carbocycles. The number of rotatable bonds is 2. The van der Waals surface area contributed by atoms with Crippen LogP contribution in [0.4, 0.5) is 0 Å². The molecule has 0 aliphatic carbocycles. The Labute approximate surface area is 121 Å². The van der Waals surface area contributed by atoms with Crippen LogP contribution < -0.4 is 10.5 Å². The van der Waals surface area contributed by atoms with Crippen molar-refractivity contribution in [1.82, 2.24) is 4.90 Å². The van der Waals surface area contributed by atoms with E-state index >= 15 is 0 Å². The number of methoxy groups -OCH3 is 1. The minimum atomic E-state index is 0. The summed E-state index contributed by atoms with van der Waals surface area (Å²) in [6.07, 6.45) is 0.868. The summed E-state index contributed by atoms with van der Waals surface area (Å²) in [5.74, 6) is 0.684. The van der Waals surface area contributed by atoms with Crippen LogP contribution in [0.25, 0.3) is 0 Å². The average molecular weight is 336 g/mol.